The van der Waals surface area contributed by atoms with Gasteiger partial charge in [-0.25, -0.2) is 0 Å². The highest BCUT2D eigenvalue weighted by Gasteiger charge is 2.33. The molecule has 1 saturated carbocycles. The fraction of sp³-hybridized carbons (Fsp3) is 0.909. The number of carbonyl (C=O) groups excluding carboxylic acids is 1. The second kappa shape index (κ2) is 4.30. The zero-order chi connectivity index (χ0) is 9.97. The Balaban J connectivity index is 1.86. The summed E-state index contributed by atoms with van der Waals surface area (Å²) in [4.78, 5) is 11.2. The van der Waals surface area contributed by atoms with Crippen LogP contribution in [0.4, 0.5) is 0 Å². The predicted octanol–water partition coefficient (Wildman–Crippen LogP) is 0.888. The highest BCUT2D eigenvalue weighted by atomic mass is 16.1. The van der Waals surface area contributed by atoms with Gasteiger partial charge < -0.3 is 11.1 Å². The van der Waals surface area contributed by atoms with Gasteiger partial charge in [0.2, 0.25) is 5.91 Å². The fourth-order valence-corrected chi connectivity index (χ4v) is 2.99. The molecule has 0 radical (unpaired) electrons. The van der Waals surface area contributed by atoms with Crippen LogP contribution in [0.3, 0.4) is 0 Å². The molecule has 2 aliphatic rings. The Morgan fingerprint density at radius 1 is 1.29 bits per heavy atom. The summed E-state index contributed by atoms with van der Waals surface area (Å²) in [6.07, 6.45) is 6.70. The average Bonchev–Trinajstić information content (AvgIpc) is 2.75. The van der Waals surface area contributed by atoms with Crippen LogP contribution in [0.15, 0.2) is 0 Å². The summed E-state index contributed by atoms with van der Waals surface area (Å²) in [5.41, 5.74) is 5.38. The quantitative estimate of drug-likeness (QED) is 0.704. The van der Waals surface area contributed by atoms with Gasteiger partial charge in [-0.2, -0.15) is 0 Å². The van der Waals surface area contributed by atoms with Crippen molar-refractivity contribution < 1.29 is 4.79 Å². The van der Waals surface area contributed by atoms with Crippen LogP contribution in [0.2, 0.25) is 0 Å². The smallest absolute Gasteiger partial charge is 0.222 e. The van der Waals surface area contributed by atoms with Gasteiger partial charge in [0.25, 0.3) is 0 Å². The van der Waals surface area contributed by atoms with Gasteiger partial charge >= 0.3 is 0 Å². The van der Waals surface area contributed by atoms with Gasteiger partial charge in [-0.05, 0) is 24.8 Å². The number of nitrogens with two attached hydrogens (primary N) is 1. The monoisotopic (exact) mass is 196 g/mol. The molecule has 0 aromatic rings. The molecule has 80 valence electrons. The van der Waals surface area contributed by atoms with Gasteiger partial charge in [-0.15, -0.1) is 0 Å². The van der Waals surface area contributed by atoms with E-state index in [0.717, 1.165) is 19.0 Å². The molecule has 0 aromatic heterocycles. The van der Waals surface area contributed by atoms with Crippen LogP contribution in [0.25, 0.3) is 0 Å². The Bertz CT molecular complexity index is 211. The van der Waals surface area contributed by atoms with Crippen molar-refractivity contribution in [3.63, 3.8) is 0 Å². The van der Waals surface area contributed by atoms with E-state index >= 15 is 0 Å². The first-order valence-corrected chi connectivity index (χ1v) is 5.77. The average molecular weight is 196 g/mol. The first-order chi connectivity index (χ1) is 6.77. The predicted molar refractivity (Wildman–Crippen MR) is 55.6 cm³/mol. The van der Waals surface area contributed by atoms with Crippen molar-refractivity contribution in [2.75, 3.05) is 13.1 Å². The van der Waals surface area contributed by atoms with E-state index in [1.165, 1.54) is 32.1 Å². The normalized spacial score (nSPS) is 33.7. The molecule has 0 spiro atoms. The summed E-state index contributed by atoms with van der Waals surface area (Å²) in [5, 5.41) is 3.28. The molecule has 1 amide bonds. The SMILES string of the molecule is NC(=O)C1CNCC1CC1CCCC1. The molecule has 0 bridgehead atoms. The minimum atomic E-state index is -0.113. The lowest BCUT2D eigenvalue weighted by Gasteiger charge is -2.19. The molecule has 1 heterocycles. The van der Waals surface area contributed by atoms with Crippen LogP contribution in [-0.2, 0) is 4.79 Å². The number of rotatable bonds is 3. The number of hydrogen-bond donors (Lipinski definition) is 2. The van der Waals surface area contributed by atoms with Crippen molar-refractivity contribution in [2.45, 2.75) is 32.1 Å². The molecule has 3 heteroatoms. The van der Waals surface area contributed by atoms with Crippen molar-refractivity contribution >= 4 is 5.91 Å². The molecule has 2 unspecified atom stereocenters. The van der Waals surface area contributed by atoms with Crippen LogP contribution in [0.1, 0.15) is 32.1 Å². The Morgan fingerprint density at radius 3 is 2.64 bits per heavy atom. The summed E-state index contributed by atoms with van der Waals surface area (Å²) in [6.45, 7) is 1.79. The molecule has 0 aromatic carbocycles. The van der Waals surface area contributed by atoms with Gasteiger partial charge in [0.15, 0.2) is 0 Å². The van der Waals surface area contributed by atoms with E-state index in [0.29, 0.717) is 5.92 Å². The van der Waals surface area contributed by atoms with Crippen molar-refractivity contribution in [1.82, 2.24) is 5.32 Å². The van der Waals surface area contributed by atoms with Crippen LogP contribution in [0, 0.1) is 17.8 Å². The lowest BCUT2D eigenvalue weighted by atomic mass is 9.86. The highest BCUT2D eigenvalue weighted by Crippen LogP contribution is 2.33. The third kappa shape index (κ3) is 2.08. The van der Waals surface area contributed by atoms with Crippen molar-refractivity contribution in [3.8, 4) is 0 Å². The van der Waals surface area contributed by atoms with Gasteiger partial charge in [0, 0.05) is 6.54 Å². The summed E-state index contributed by atoms with van der Waals surface area (Å²) >= 11 is 0. The standard InChI is InChI=1S/C11H20N2O/c12-11(14)10-7-13-6-9(10)5-8-3-1-2-4-8/h8-10,13H,1-7H2,(H2,12,14). The maximum Gasteiger partial charge on any atom is 0.222 e. The van der Waals surface area contributed by atoms with E-state index in [1.54, 1.807) is 0 Å². The van der Waals surface area contributed by atoms with Crippen molar-refractivity contribution in [2.24, 2.45) is 23.5 Å². The first kappa shape index (κ1) is 9.97. The van der Waals surface area contributed by atoms with E-state index < -0.39 is 0 Å². The molecular formula is C11H20N2O. The molecule has 3 nitrogen and oxygen atoms in total. The second-order valence-corrected chi connectivity index (χ2v) is 4.81. The molecule has 3 N–H and O–H groups in total. The lowest BCUT2D eigenvalue weighted by molar-refractivity contribution is -0.122. The fourth-order valence-electron chi connectivity index (χ4n) is 2.99. The van der Waals surface area contributed by atoms with Crippen molar-refractivity contribution in [3.05, 3.63) is 0 Å². The maximum atomic E-state index is 11.2. The molecule has 1 aliphatic heterocycles. The number of nitrogens with one attached hydrogen (secondary N) is 1. The molecule has 1 aliphatic carbocycles. The van der Waals surface area contributed by atoms with E-state index in [2.05, 4.69) is 5.32 Å². The van der Waals surface area contributed by atoms with Gasteiger partial charge in [0.05, 0.1) is 5.92 Å². The first-order valence-electron chi connectivity index (χ1n) is 5.77. The van der Waals surface area contributed by atoms with Crippen LogP contribution in [0.5, 0.6) is 0 Å². The van der Waals surface area contributed by atoms with Gasteiger partial charge in [-0.1, -0.05) is 25.7 Å². The van der Waals surface area contributed by atoms with Crippen molar-refractivity contribution in [1.29, 1.82) is 0 Å². The molecule has 2 fully saturated rings. The maximum absolute atomic E-state index is 11.2. The molecule has 1 saturated heterocycles. The zero-order valence-electron chi connectivity index (χ0n) is 8.67. The minimum absolute atomic E-state index is 0.0931. The molecule has 2 atom stereocenters. The molecule has 2 rings (SSSR count). The van der Waals surface area contributed by atoms with Gasteiger partial charge in [0.1, 0.15) is 0 Å². The number of hydrogen-bond acceptors (Lipinski definition) is 2. The van der Waals surface area contributed by atoms with Gasteiger partial charge in [-0.3, -0.25) is 4.79 Å². The van der Waals surface area contributed by atoms with E-state index in [1.807, 2.05) is 0 Å². The largest absolute Gasteiger partial charge is 0.369 e. The Labute approximate surface area is 85.4 Å². The third-order valence-corrected chi connectivity index (χ3v) is 3.82. The minimum Gasteiger partial charge on any atom is -0.369 e. The number of primary amides is 1. The zero-order valence-corrected chi connectivity index (χ0v) is 8.67. The van der Waals surface area contributed by atoms with Crippen LogP contribution < -0.4 is 11.1 Å². The number of carbonyl (C=O) groups is 1. The second-order valence-electron chi connectivity index (χ2n) is 4.81. The lowest BCUT2D eigenvalue weighted by Crippen LogP contribution is -2.30. The summed E-state index contributed by atoms with van der Waals surface area (Å²) in [5.74, 6) is 1.35. The Hall–Kier alpha value is -0.570. The third-order valence-electron chi connectivity index (χ3n) is 3.82. The molecule has 14 heavy (non-hydrogen) atoms. The van der Waals surface area contributed by atoms with E-state index in [4.69, 9.17) is 5.73 Å². The van der Waals surface area contributed by atoms with Crippen LogP contribution >= 0.6 is 0 Å². The highest BCUT2D eigenvalue weighted by molar-refractivity contribution is 5.77. The Morgan fingerprint density at radius 2 is 2.00 bits per heavy atom. The van der Waals surface area contributed by atoms with E-state index in [9.17, 15) is 4.79 Å². The van der Waals surface area contributed by atoms with E-state index in [-0.39, 0.29) is 11.8 Å². The molecular weight excluding hydrogens is 176 g/mol. The Kier molecular flexibility index (Phi) is 3.06. The summed E-state index contributed by atoms with van der Waals surface area (Å²) in [6, 6.07) is 0. The van der Waals surface area contributed by atoms with Crippen LogP contribution in [-0.4, -0.2) is 19.0 Å². The number of amides is 1. The summed E-state index contributed by atoms with van der Waals surface area (Å²) in [7, 11) is 0. The summed E-state index contributed by atoms with van der Waals surface area (Å²) < 4.78 is 0. The topological polar surface area (TPSA) is 55.1 Å².